The highest BCUT2D eigenvalue weighted by Crippen LogP contribution is 2.32. The van der Waals surface area contributed by atoms with Gasteiger partial charge in [0.05, 0.1) is 23.7 Å². The number of hydrogen-bond acceptors (Lipinski definition) is 4. The number of benzene rings is 1. The van der Waals surface area contributed by atoms with Crippen LogP contribution in [0.25, 0.3) is 0 Å². The van der Waals surface area contributed by atoms with Gasteiger partial charge in [0.1, 0.15) is 6.07 Å². The molecule has 1 aromatic carbocycles. The summed E-state index contributed by atoms with van der Waals surface area (Å²) in [5.74, 6) is 0. The van der Waals surface area contributed by atoms with Crippen LogP contribution in [-0.4, -0.2) is 36.6 Å². The lowest BCUT2D eigenvalue weighted by Crippen LogP contribution is -2.62. The Bertz CT molecular complexity index is 565. The summed E-state index contributed by atoms with van der Waals surface area (Å²) in [6, 6.07) is 12.4. The van der Waals surface area contributed by atoms with Crippen LogP contribution in [0.5, 0.6) is 0 Å². The number of nitriles is 2. The lowest BCUT2D eigenvalue weighted by Gasteiger charge is -2.51. The Balaban J connectivity index is 2.38. The number of rotatable bonds is 2. The maximum atomic E-state index is 9.30. The van der Waals surface area contributed by atoms with E-state index in [2.05, 4.69) is 42.8 Å². The minimum absolute atomic E-state index is 0.0618. The van der Waals surface area contributed by atoms with Gasteiger partial charge in [0.25, 0.3) is 0 Å². The van der Waals surface area contributed by atoms with E-state index in [0.29, 0.717) is 12.0 Å². The van der Waals surface area contributed by atoms with Crippen LogP contribution in [0.1, 0.15) is 25.8 Å². The molecule has 0 radical (unpaired) electrons. The summed E-state index contributed by atoms with van der Waals surface area (Å²) in [6.07, 6.45) is 0.512. The molecule has 1 aliphatic heterocycles. The van der Waals surface area contributed by atoms with Crippen molar-refractivity contribution >= 4 is 5.69 Å². The van der Waals surface area contributed by atoms with Crippen LogP contribution in [0.15, 0.2) is 24.3 Å². The quantitative estimate of drug-likeness (QED) is 0.826. The van der Waals surface area contributed by atoms with Gasteiger partial charge in [-0.1, -0.05) is 12.1 Å². The third-order valence-corrected chi connectivity index (χ3v) is 4.03. The van der Waals surface area contributed by atoms with Crippen molar-refractivity contribution in [1.82, 2.24) is 4.90 Å². The minimum atomic E-state index is -0.0618. The fraction of sp³-hybridized carbons (Fsp3) is 0.500. The van der Waals surface area contributed by atoms with Crippen molar-refractivity contribution in [2.24, 2.45) is 0 Å². The normalized spacial score (nSPS) is 22.1. The minimum Gasteiger partial charge on any atom is -0.362 e. The Hall–Kier alpha value is -2.04. The Morgan fingerprint density at radius 1 is 1.30 bits per heavy atom. The molecule has 1 fully saturated rings. The van der Waals surface area contributed by atoms with E-state index in [1.807, 2.05) is 24.3 Å². The molecule has 4 nitrogen and oxygen atoms in total. The van der Waals surface area contributed by atoms with E-state index >= 15 is 0 Å². The van der Waals surface area contributed by atoms with Crippen molar-refractivity contribution in [1.29, 1.82) is 10.5 Å². The van der Waals surface area contributed by atoms with E-state index in [9.17, 15) is 5.26 Å². The highest BCUT2D eigenvalue weighted by molar-refractivity contribution is 5.61. The summed E-state index contributed by atoms with van der Waals surface area (Å²) in [5, 5.41) is 18.3. The first-order valence-corrected chi connectivity index (χ1v) is 6.83. The number of hydrogen-bond donors (Lipinski definition) is 0. The van der Waals surface area contributed by atoms with Crippen molar-refractivity contribution in [2.75, 3.05) is 25.0 Å². The van der Waals surface area contributed by atoms with E-state index in [4.69, 9.17) is 5.26 Å². The first-order valence-electron chi connectivity index (χ1n) is 6.83. The van der Waals surface area contributed by atoms with Crippen LogP contribution in [0, 0.1) is 22.7 Å². The molecule has 0 spiro atoms. The molecular weight excluding hydrogens is 248 g/mol. The van der Waals surface area contributed by atoms with Gasteiger partial charge < -0.3 is 4.90 Å². The van der Waals surface area contributed by atoms with E-state index in [0.717, 1.165) is 18.8 Å². The van der Waals surface area contributed by atoms with Crippen LogP contribution < -0.4 is 4.90 Å². The SMILES string of the molecule is CN1CC(C)(C)N(c2ccccc2C#N)CC1CC#N. The first kappa shape index (κ1) is 14.4. The second kappa shape index (κ2) is 5.53. The molecule has 1 atom stereocenters. The molecule has 0 bridgehead atoms. The number of para-hydroxylation sites is 1. The van der Waals surface area contributed by atoms with Crippen molar-refractivity contribution in [3.8, 4) is 12.1 Å². The maximum absolute atomic E-state index is 9.30. The number of likely N-dealkylation sites (N-methyl/N-ethyl adjacent to an activating group) is 1. The molecule has 0 amide bonds. The van der Waals surface area contributed by atoms with E-state index in [-0.39, 0.29) is 11.6 Å². The molecule has 0 saturated carbocycles. The zero-order chi connectivity index (χ0) is 14.8. The van der Waals surface area contributed by atoms with Gasteiger partial charge in [0, 0.05) is 24.7 Å². The molecule has 1 saturated heterocycles. The predicted octanol–water partition coefficient (Wildman–Crippen LogP) is 2.37. The zero-order valence-corrected chi connectivity index (χ0v) is 12.3. The number of nitrogens with zero attached hydrogens (tertiary/aromatic N) is 4. The molecular formula is C16H20N4. The van der Waals surface area contributed by atoms with Gasteiger partial charge in [-0.2, -0.15) is 10.5 Å². The number of piperazine rings is 1. The molecule has 1 aliphatic rings. The lowest BCUT2D eigenvalue weighted by molar-refractivity contribution is 0.153. The Kier molecular flexibility index (Phi) is 3.97. The summed E-state index contributed by atoms with van der Waals surface area (Å²) < 4.78 is 0. The lowest BCUT2D eigenvalue weighted by atomic mass is 9.93. The van der Waals surface area contributed by atoms with Crippen LogP contribution in [0.2, 0.25) is 0 Å². The van der Waals surface area contributed by atoms with Gasteiger partial charge in [0.15, 0.2) is 0 Å². The van der Waals surface area contributed by atoms with Gasteiger partial charge >= 0.3 is 0 Å². The third kappa shape index (κ3) is 2.61. The highest BCUT2D eigenvalue weighted by Gasteiger charge is 2.38. The molecule has 0 aromatic heterocycles. The molecule has 2 rings (SSSR count). The summed E-state index contributed by atoms with van der Waals surface area (Å²) >= 11 is 0. The third-order valence-electron chi connectivity index (χ3n) is 4.03. The molecule has 0 aliphatic carbocycles. The summed E-state index contributed by atoms with van der Waals surface area (Å²) in [4.78, 5) is 4.52. The zero-order valence-electron chi connectivity index (χ0n) is 12.3. The van der Waals surface area contributed by atoms with Crippen LogP contribution in [0.3, 0.4) is 0 Å². The van der Waals surface area contributed by atoms with Gasteiger partial charge in [0.2, 0.25) is 0 Å². The van der Waals surface area contributed by atoms with Crippen molar-refractivity contribution in [3.05, 3.63) is 29.8 Å². The van der Waals surface area contributed by atoms with Gasteiger partial charge in [-0.05, 0) is 33.0 Å². The molecule has 20 heavy (non-hydrogen) atoms. The van der Waals surface area contributed by atoms with Crippen molar-refractivity contribution in [2.45, 2.75) is 31.8 Å². The van der Waals surface area contributed by atoms with Crippen LogP contribution >= 0.6 is 0 Å². The largest absolute Gasteiger partial charge is 0.362 e. The van der Waals surface area contributed by atoms with Crippen LogP contribution in [-0.2, 0) is 0 Å². The van der Waals surface area contributed by atoms with Crippen molar-refractivity contribution in [3.63, 3.8) is 0 Å². The summed E-state index contributed by atoms with van der Waals surface area (Å²) in [6.45, 7) is 6.01. The average molecular weight is 268 g/mol. The molecule has 1 heterocycles. The highest BCUT2D eigenvalue weighted by atomic mass is 15.3. The Morgan fingerprint density at radius 2 is 2.00 bits per heavy atom. The van der Waals surface area contributed by atoms with E-state index < -0.39 is 0 Å². The molecule has 0 N–H and O–H groups in total. The van der Waals surface area contributed by atoms with Gasteiger partial charge in [-0.25, -0.2) is 0 Å². The van der Waals surface area contributed by atoms with E-state index in [1.54, 1.807) is 0 Å². The Labute approximate surface area is 120 Å². The molecule has 4 heteroatoms. The van der Waals surface area contributed by atoms with Crippen LogP contribution in [0.4, 0.5) is 5.69 Å². The molecule has 104 valence electrons. The second-order valence-corrected chi connectivity index (χ2v) is 5.98. The monoisotopic (exact) mass is 268 g/mol. The van der Waals surface area contributed by atoms with E-state index in [1.165, 1.54) is 0 Å². The van der Waals surface area contributed by atoms with Gasteiger partial charge in [-0.15, -0.1) is 0 Å². The number of anilines is 1. The predicted molar refractivity (Wildman–Crippen MR) is 79.2 cm³/mol. The summed E-state index contributed by atoms with van der Waals surface area (Å²) in [5.41, 5.74) is 1.60. The standard InChI is InChI=1S/C16H20N4/c1-16(2)12-19(3)14(8-9-17)11-20(16)15-7-5-4-6-13(15)10-18/h4-7,14H,8,11-12H2,1-3H3. The fourth-order valence-corrected chi connectivity index (χ4v) is 2.98. The molecule has 1 aromatic rings. The first-order chi connectivity index (χ1) is 9.49. The summed E-state index contributed by atoms with van der Waals surface area (Å²) in [7, 11) is 2.07. The topological polar surface area (TPSA) is 54.1 Å². The molecule has 1 unspecified atom stereocenters. The van der Waals surface area contributed by atoms with Gasteiger partial charge in [-0.3, -0.25) is 4.90 Å². The second-order valence-electron chi connectivity index (χ2n) is 5.98. The maximum Gasteiger partial charge on any atom is 0.101 e. The Morgan fingerprint density at radius 3 is 2.65 bits per heavy atom. The smallest absolute Gasteiger partial charge is 0.101 e. The average Bonchev–Trinajstić information content (AvgIpc) is 2.41. The fourth-order valence-electron chi connectivity index (χ4n) is 2.98. The van der Waals surface area contributed by atoms with Crippen molar-refractivity contribution < 1.29 is 0 Å².